The fourth-order valence-corrected chi connectivity index (χ4v) is 2.75. The molecular weight excluding hydrogens is 242 g/mol. The maximum atomic E-state index is 2.32. The van der Waals surface area contributed by atoms with Gasteiger partial charge in [0.25, 0.3) is 0 Å². The van der Waals surface area contributed by atoms with Crippen LogP contribution in [0.3, 0.4) is 0 Å². The summed E-state index contributed by atoms with van der Waals surface area (Å²) in [6.07, 6.45) is 20.0. The Morgan fingerprint density at radius 1 is 0.800 bits per heavy atom. The first-order valence-corrected chi connectivity index (χ1v) is 8.78. The fourth-order valence-electron chi connectivity index (χ4n) is 2.75. The molecule has 0 aliphatic carbocycles. The second-order valence-corrected chi connectivity index (χ2v) is 6.15. The van der Waals surface area contributed by atoms with E-state index in [1.807, 2.05) is 0 Å². The van der Waals surface area contributed by atoms with Crippen LogP contribution >= 0.6 is 0 Å². The van der Waals surface area contributed by atoms with Gasteiger partial charge in [-0.1, -0.05) is 64.7 Å². The van der Waals surface area contributed by atoms with E-state index in [0.29, 0.717) is 0 Å². The molecule has 0 bridgehead atoms. The molecule has 0 aromatic carbocycles. The predicted molar refractivity (Wildman–Crippen MR) is 87.8 cm³/mol. The van der Waals surface area contributed by atoms with Gasteiger partial charge >= 0.3 is 0 Å². The van der Waals surface area contributed by atoms with Gasteiger partial charge in [-0.3, -0.25) is 0 Å². The third-order valence-electron chi connectivity index (χ3n) is 4.03. The molecule has 0 radical (unpaired) electrons. The molecule has 0 amide bonds. The van der Waals surface area contributed by atoms with Crippen LogP contribution in [-0.4, -0.2) is 0 Å². The average Bonchev–Trinajstić information content (AvgIpc) is 2.45. The molecule has 1 aromatic rings. The topological polar surface area (TPSA) is 3.88 Å². The van der Waals surface area contributed by atoms with Crippen LogP contribution in [0.5, 0.6) is 0 Å². The Hall–Kier alpha value is -0.850. The van der Waals surface area contributed by atoms with Gasteiger partial charge in [0.15, 0.2) is 12.4 Å². The van der Waals surface area contributed by atoms with Crippen LogP contribution in [0.25, 0.3) is 0 Å². The zero-order valence-corrected chi connectivity index (χ0v) is 13.7. The molecule has 0 aliphatic rings. The molecule has 0 atom stereocenters. The maximum Gasteiger partial charge on any atom is 0.171 e. The summed E-state index contributed by atoms with van der Waals surface area (Å²) in [5.41, 5.74) is 1.36. The number of hydrogen-bond donors (Lipinski definition) is 0. The number of hydrogen-bond acceptors (Lipinski definition) is 0. The van der Waals surface area contributed by atoms with Crippen molar-refractivity contribution in [3.8, 4) is 0 Å². The van der Waals surface area contributed by atoms with Crippen molar-refractivity contribution >= 4 is 0 Å². The molecule has 1 nitrogen and oxygen atoms in total. The Balaban J connectivity index is 1.85. The lowest BCUT2D eigenvalue weighted by Crippen LogP contribution is -2.32. The molecule has 0 unspecified atom stereocenters. The summed E-state index contributed by atoms with van der Waals surface area (Å²) in [5.74, 6) is 0. The van der Waals surface area contributed by atoms with Crippen LogP contribution in [0.4, 0.5) is 0 Å². The minimum Gasteiger partial charge on any atom is -0.205 e. The van der Waals surface area contributed by atoms with Gasteiger partial charge in [0.05, 0.1) is 0 Å². The van der Waals surface area contributed by atoms with Crippen LogP contribution in [0.2, 0.25) is 0 Å². The monoisotopic (exact) mass is 276 g/mol. The average molecular weight is 276 g/mol. The van der Waals surface area contributed by atoms with Crippen molar-refractivity contribution in [3.63, 3.8) is 0 Å². The van der Waals surface area contributed by atoms with E-state index in [9.17, 15) is 0 Å². The summed E-state index contributed by atoms with van der Waals surface area (Å²) in [6, 6.07) is 4.31. The summed E-state index contributed by atoms with van der Waals surface area (Å²) in [7, 11) is 0. The van der Waals surface area contributed by atoms with Crippen LogP contribution in [0.1, 0.15) is 83.1 Å². The molecule has 114 valence electrons. The van der Waals surface area contributed by atoms with Gasteiger partial charge in [-0.25, -0.2) is 4.57 Å². The van der Waals surface area contributed by atoms with E-state index in [2.05, 4.69) is 42.9 Å². The third kappa shape index (κ3) is 9.12. The van der Waals surface area contributed by atoms with E-state index < -0.39 is 0 Å². The highest BCUT2D eigenvalue weighted by Gasteiger charge is 1.99. The zero-order chi connectivity index (χ0) is 14.5. The molecule has 0 saturated carbocycles. The van der Waals surface area contributed by atoms with E-state index in [-0.39, 0.29) is 0 Å². The van der Waals surface area contributed by atoms with Crippen LogP contribution < -0.4 is 4.57 Å². The van der Waals surface area contributed by atoms with Crippen molar-refractivity contribution in [2.24, 2.45) is 0 Å². The summed E-state index contributed by atoms with van der Waals surface area (Å²) in [4.78, 5) is 0. The van der Waals surface area contributed by atoms with Crippen LogP contribution in [0.15, 0.2) is 24.5 Å². The summed E-state index contributed by atoms with van der Waals surface area (Å²) in [5, 5.41) is 0. The fraction of sp³-hybridized carbons (Fsp3) is 0.737. The number of pyridine rings is 1. The molecule has 1 heteroatoms. The summed E-state index contributed by atoms with van der Waals surface area (Å²) >= 11 is 0. The smallest absolute Gasteiger partial charge is 0.171 e. The van der Waals surface area contributed by atoms with E-state index in [0.717, 1.165) is 0 Å². The lowest BCUT2D eigenvalue weighted by molar-refractivity contribution is -0.697. The molecule has 20 heavy (non-hydrogen) atoms. The summed E-state index contributed by atoms with van der Waals surface area (Å²) < 4.78 is 2.32. The molecule has 0 N–H and O–H groups in total. The highest BCUT2D eigenvalue weighted by Crippen LogP contribution is 2.11. The van der Waals surface area contributed by atoms with Gasteiger partial charge < -0.3 is 0 Å². The first-order valence-electron chi connectivity index (χ1n) is 8.78. The lowest BCUT2D eigenvalue weighted by Gasteiger charge is -2.02. The molecule has 0 saturated heterocycles. The number of unbranched alkanes of at least 4 members (excludes halogenated alkanes) is 10. The molecule has 0 aliphatic heterocycles. The van der Waals surface area contributed by atoms with Gasteiger partial charge in [0.1, 0.15) is 6.54 Å². The van der Waals surface area contributed by atoms with Crippen molar-refractivity contribution in [2.45, 2.75) is 91.0 Å². The van der Waals surface area contributed by atoms with Crippen LogP contribution in [-0.2, 0) is 6.54 Å². The van der Waals surface area contributed by atoms with Crippen molar-refractivity contribution < 1.29 is 4.57 Å². The molecule has 1 aromatic heterocycles. The molecular formula is C19H34N+. The normalized spacial score (nSPS) is 10.9. The highest BCUT2D eigenvalue weighted by molar-refractivity contribution is 5.01. The van der Waals surface area contributed by atoms with Crippen molar-refractivity contribution in [3.05, 3.63) is 30.1 Å². The minimum absolute atomic E-state index is 1.18. The van der Waals surface area contributed by atoms with Crippen molar-refractivity contribution in [1.82, 2.24) is 0 Å². The molecule has 1 rings (SSSR count). The molecule has 0 fully saturated rings. The Bertz CT molecular complexity index is 332. The quantitative estimate of drug-likeness (QED) is 0.346. The summed E-state index contributed by atoms with van der Waals surface area (Å²) in [6.45, 7) is 5.63. The first-order chi connectivity index (χ1) is 9.83. The van der Waals surface area contributed by atoms with Crippen LogP contribution in [0, 0.1) is 6.92 Å². The van der Waals surface area contributed by atoms with E-state index in [1.165, 1.54) is 82.7 Å². The van der Waals surface area contributed by atoms with E-state index >= 15 is 0 Å². The predicted octanol–water partition coefficient (Wildman–Crippen LogP) is 5.59. The highest BCUT2D eigenvalue weighted by atomic mass is 14.9. The second-order valence-electron chi connectivity index (χ2n) is 6.15. The molecule has 0 spiro atoms. The number of rotatable bonds is 12. The van der Waals surface area contributed by atoms with E-state index in [1.54, 1.807) is 0 Å². The number of aryl methyl sites for hydroxylation is 2. The Labute approximate surface area is 126 Å². The van der Waals surface area contributed by atoms with Gasteiger partial charge in [0, 0.05) is 18.1 Å². The number of aromatic nitrogens is 1. The second kappa shape index (κ2) is 11.9. The first kappa shape index (κ1) is 17.2. The van der Waals surface area contributed by atoms with Gasteiger partial charge in [-0.05, 0) is 19.4 Å². The molecule has 1 heterocycles. The minimum atomic E-state index is 1.18. The Morgan fingerprint density at radius 3 is 1.90 bits per heavy atom. The number of nitrogens with zero attached hydrogens (tertiary/aromatic N) is 1. The lowest BCUT2D eigenvalue weighted by atomic mass is 10.1. The van der Waals surface area contributed by atoms with Crippen molar-refractivity contribution in [2.75, 3.05) is 0 Å². The zero-order valence-electron chi connectivity index (χ0n) is 13.7. The Morgan fingerprint density at radius 2 is 1.35 bits per heavy atom. The maximum absolute atomic E-state index is 2.32. The Kier molecular flexibility index (Phi) is 10.3. The van der Waals surface area contributed by atoms with Gasteiger partial charge in [0.2, 0.25) is 0 Å². The standard InChI is InChI=1S/C19H34N/c1-3-4-5-6-7-8-9-10-11-12-13-16-20-17-14-15-19(2)18-20/h14-15,17-18H,3-13,16H2,1-2H3/q+1. The largest absolute Gasteiger partial charge is 0.205 e. The van der Waals surface area contributed by atoms with Gasteiger partial charge in [-0.2, -0.15) is 0 Å². The third-order valence-corrected chi connectivity index (χ3v) is 4.03. The van der Waals surface area contributed by atoms with Gasteiger partial charge in [-0.15, -0.1) is 0 Å². The SMILES string of the molecule is CCCCCCCCCCCCC[n+]1cccc(C)c1. The van der Waals surface area contributed by atoms with Crippen molar-refractivity contribution in [1.29, 1.82) is 0 Å². The van der Waals surface area contributed by atoms with E-state index in [4.69, 9.17) is 0 Å².